The maximum atomic E-state index is 14.5. The lowest BCUT2D eigenvalue weighted by Gasteiger charge is -2.32. The zero-order chi connectivity index (χ0) is 14.8. The molecule has 0 atom stereocenters. The second-order valence-electron chi connectivity index (χ2n) is 5.15. The summed E-state index contributed by atoms with van der Waals surface area (Å²) in [6.45, 7) is 0.878. The Bertz CT molecular complexity index is 721. The molecule has 0 amide bonds. The van der Waals surface area contributed by atoms with E-state index in [2.05, 4.69) is 6.07 Å². The Kier molecular flexibility index (Phi) is 3.59. The molecule has 1 heterocycles. The second-order valence-corrected chi connectivity index (χ2v) is 5.15. The van der Waals surface area contributed by atoms with Gasteiger partial charge in [0.25, 0.3) is 0 Å². The van der Waals surface area contributed by atoms with E-state index in [4.69, 9.17) is 0 Å². The summed E-state index contributed by atoms with van der Waals surface area (Å²) in [4.78, 5) is 1.88. The monoisotopic (exact) mass is 282 g/mol. The fraction of sp³-hybridized carbons (Fsp3) is 0.235. The predicted molar refractivity (Wildman–Crippen MR) is 78.2 cm³/mol. The first kappa shape index (κ1) is 13.6. The van der Waals surface area contributed by atoms with Crippen LogP contribution in [0.15, 0.2) is 36.4 Å². The molecular formula is C17H15FN2O. The smallest absolute Gasteiger partial charge is 0.153 e. The van der Waals surface area contributed by atoms with Crippen LogP contribution >= 0.6 is 0 Å². The van der Waals surface area contributed by atoms with Gasteiger partial charge in [-0.3, -0.25) is 0 Å². The van der Waals surface area contributed by atoms with E-state index < -0.39 is 5.82 Å². The number of hydrogen-bond acceptors (Lipinski definition) is 3. The third-order valence-electron chi connectivity index (χ3n) is 3.93. The van der Waals surface area contributed by atoms with E-state index in [9.17, 15) is 14.8 Å². The topological polar surface area (TPSA) is 47.3 Å². The van der Waals surface area contributed by atoms with Gasteiger partial charge in [0, 0.05) is 18.7 Å². The number of nitriles is 1. The third-order valence-corrected chi connectivity index (χ3v) is 3.93. The summed E-state index contributed by atoms with van der Waals surface area (Å²) in [6, 6.07) is 13.2. The predicted octanol–water partition coefficient (Wildman–Crippen LogP) is 2.75. The highest BCUT2D eigenvalue weighted by molar-refractivity contribution is 5.63. The van der Waals surface area contributed by atoms with Gasteiger partial charge >= 0.3 is 0 Å². The Morgan fingerprint density at radius 2 is 1.95 bits per heavy atom. The lowest BCUT2D eigenvalue weighted by molar-refractivity contribution is 0.276. The van der Waals surface area contributed by atoms with Crippen molar-refractivity contribution in [2.24, 2.45) is 0 Å². The fourth-order valence-electron chi connectivity index (χ4n) is 2.81. The van der Waals surface area contributed by atoms with Crippen LogP contribution in [0.5, 0.6) is 0 Å². The minimum atomic E-state index is -0.490. The average Bonchev–Trinajstić information content (AvgIpc) is 2.54. The van der Waals surface area contributed by atoms with Crippen LogP contribution < -0.4 is 4.90 Å². The van der Waals surface area contributed by atoms with Crippen molar-refractivity contribution in [3.05, 3.63) is 64.5 Å². The lowest BCUT2D eigenvalue weighted by atomic mass is 9.98. The molecule has 0 radical (unpaired) electrons. The van der Waals surface area contributed by atoms with Crippen molar-refractivity contribution in [3.8, 4) is 6.07 Å². The summed E-state index contributed by atoms with van der Waals surface area (Å²) in [7, 11) is 0. The van der Waals surface area contributed by atoms with Crippen molar-refractivity contribution in [1.29, 1.82) is 5.26 Å². The zero-order valence-electron chi connectivity index (χ0n) is 11.5. The minimum Gasteiger partial charge on any atom is -0.392 e. The van der Waals surface area contributed by atoms with Crippen molar-refractivity contribution >= 4 is 5.69 Å². The third kappa shape index (κ3) is 2.37. The van der Waals surface area contributed by atoms with Gasteiger partial charge in [-0.1, -0.05) is 30.3 Å². The molecule has 0 fully saturated rings. The van der Waals surface area contributed by atoms with Crippen LogP contribution in [-0.4, -0.2) is 11.7 Å². The zero-order valence-corrected chi connectivity index (χ0v) is 11.5. The molecule has 1 aliphatic heterocycles. The van der Waals surface area contributed by atoms with Gasteiger partial charge in [-0.05, 0) is 23.6 Å². The van der Waals surface area contributed by atoms with Gasteiger partial charge in [-0.2, -0.15) is 5.26 Å². The van der Waals surface area contributed by atoms with Gasteiger partial charge in [0.1, 0.15) is 6.07 Å². The SMILES string of the molecule is N#Cc1ccc(CO)c(F)c1N1CCc2ccccc2C1. The summed E-state index contributed by atoms with van der Waals surface area (Å²) in [5, 5.41) is 18.4. The Balaban J connectivity index is 2.04. The summed E-state index contributed by atoms with van der Waals surface area (Å²) in [6.07, 6.45) is 0.823. The van der Waals surface area contributed by atoms with Gasteiger partial charge < -0.3 is 10.0 Å². The van der Waals surface area contributed by atoms with Crippen LogP contribution in [0.2, 0.25) is 0 Å². The Labute approximate surface area is 122 Å². The molecule has 0 saturated heterocycles. The van der Waals surface area contributed by atoms with Gasteiger partial charge in [0.05, 0.1) is 17.9 Å². The number of benzene rings is 2. The lowest BCUT2D eigenvalue weighted by Crippen LogP contribution is -2.31. The quantitative estimate of drug-likeness (QED) is 0.921. The molecule has 1 aliphatic rings. The van der Waals surface area contributed by atoms with Crippen molar-refractivity contribution in [3.63, 3.8) is 0 Å². The number of nitrogens with zero attached hydrogens (tertiary/aromatic N) is 2. The van der Waals surface area contributed by atoms with Gasteiger partial charge in [-0.25, -0.2) is 4.39 Å². The molecule has 0 bridgehead atoms. The molecule has 106 valence electrons. The molecule has 0 aromatic heterocycles. The maximum absolute atomic E-state index is 14.5. The Morgan fingerprint density at radius 1 is 1.19 bits per heavy atom. The molecule has 3 rings (SSSR count). The summed E-state index contributed by atoms with van der Waals surface area (Å²) in [5.74, 6) is -0.490. The van der Waals surface area contributed by atoms with Gasteiger partial charge in [-0.15, -0.1) is 0 Å². The number of aliphatic hydroxyl groups excluding tert-OH is 1. The number of halogens is 1. The normalized spacial score (nSPS) is 13.7. The van der Waals surface area contributed by atoms with Crippen LogP contribution in [0.25, 0.3) is 0 Å². The van der Waals surface area contributed by atoms with Crippen molar-refractivity contribution in [1.82, 2.24) is 0 Å². The number of aliphatic hydroxyl groups is 1. The molecule has 2 aromatic carbocycles. The Hall–Kier alpha value is -2.38. The van der Waals surface area contributed by atoms with E-state index in [1.165, 1.54) is 11.6 Å². The number of anilines is 1. The van der Waals surface area contributed by atoms with E-state index in [1.54, 1.807) is 6.07 Å². The van der Waals surface area contributed by atoms with Crippen molar-refractivity contribution in [2.45, 2.75) is 19.6 Å². The molecule has 0 spiro atoms. The van der Waals surface area contributed by atoms with Crippen LogP contribution in [-0.2, 0) is 19.6 Å². The number of fused-ring (bicyclic) bond motifs is 1. The number of rotatable bonds is 2. The molecule has 0 saturated carbocycles. The molecule has 3 nitrogen and oxygen atoms in total. The van der Waals surface area contributed by atoms with Crippen LogP contribution in [0, 0.1) is 17.1 Å². The molecule has 21 heavy (non-hydrogen) atoms. The maximum Gasteiger partial charge on any atom is 0.153 e. The highest BCUT2D eigenvalue weighted by Crippen LogP contribution is 2.31. The van der Waals surface area contributed by atoms with Gasteiger partial charge in [0.2, 0.25) is 0 Å². The molecule has 2 aromatic rings. The van der Waals surface area contributed by atoms with E-state index in [0.29, 0.717) is 24.3 Å². The highest BCUT2D eigenvalue weighted by Gasteiger charge is 2.23. The van der Waals surface area contributed by atoms with Crippen LogP contribution in [0.3, 0.4) is 0 Å². The minimum absolute atomic E-state index is 0.225. The first-order valence-electron chi connectivity index (χ1n) is 6.88. The van der Waals surface area contributed by atoms with Crippen LogP contribution in [0.1, 0.15) is 22.3 Å². The van der Waals surface area contributed by atoms with Crippen molar-refractivity contribution in [2.75, 3.05) is 11.4 Å². The molecule has 0 aliphatic carbocycles. The van der Waals surface area contributed by atoms with E-state index in [-0.39, 0.29) is 12.2 Å². The fourth-order valence-corrected chi connectivity index (χ4v) is 2.81. The average molecular weight is 282 g/mol. The van der Waals surface area contributed by atoms with E-state index in [0.717, 1.165) is 12.0 Å². The van der Waals surface area contributed by atoms with E-state index in [1.807, 2.05) is 29.2 Å². The molecule has 0 unspecified atom stereocenters. The van der Waals surface area contributed by atoms with Gasteiger partial charge in [0.15, 0.2) is 5.82 Å². The Morgan fingerprint density at radius 3 is 2.67 bits per heavy atom. The summed E-state index contributed by atoms with van der Waals surface area (Å²) < 4.78 is 14.5. The molecular weight excluding hydrogens is 267 g/mol. The largest absolute Gasteiger partial charge is 0.392 e. The first-order chi connectivity index (χ1) is 10.2. The highest BCUT2D eigenvalue weighted by atomic mass is 19.1. The molecule has 1 N–H and O–H groups in total. The standard InChI is InChI=1S/C17H15FN2O/c18-16-15(11-21)6-5-13(9-19)17(16)20-8-7-12-3-1-2-4-14(12)10-20/h1-6,21H,7-8,10-11H2. The molecule has 4 heteroatoms. The summed E-state index contributed by atoms with van der Waals surface area (Å²) >= 11 is 0. The second kappa shape index (κ2) is 5.55. The van der Waals surface area contributed by atoms with E-state index >= 15 is 0 Å². The first-order valence-corrected chi connectivity index (χ1v) is 6.88. The van der Waals surface area contributed by atoms with Crippen molar-refractivity contribution < 1.29 is 9.50 Å². The van der Waals surface area contributed by atoms with Crippen LogP contribution in [0.4, 0.5) is 10.1 Å². The summed E-state index contributed by atoms with van der Waals surface area (Å²) in [5.41, 5.74) is 3.26. The number of hydrogen-bond donors (Lipinski definition) is 1.